The summed E-state index contributed by atoms with van der Waals surface area (Å²) >= 11 is 6.35. The van der Waals surface area contributed by atoms with Crippen LogP contribution in [0.2, 0.25) is 5.02 Å². The summed E-state index contributed by atoms with van der Waals surface area (Å²) in [5.74, 6) is -2.39. The summed E-state index contributed by atoms with van der Waals surface area (Å²) < 4.78 is 54.3. The number of carboxylic acids is 1. The van der Waals surface area contributed by atoms with Crippen LogP contribution in [0.5, 0.6) is 17.2 Å². The van der Waals surface area contributed by atoms with E-state index in [1.165, 1.54) is 67.4 Å². The monoisotopic (exact) mass is 535 g/mol. The van der Waals surface area contributed by atoms with Gasteiger partial charge in [-0.15, -0.1) is 0 Å². The summed E-state index contributed by atoms with van der Waals surface area (Å²) in [6.45, 7) is 0.960. The fourth-order valence-electron chi connectivity index (χ4n) is 4.12. The molecule has 1 aliphatic heterocycles. The van der Waals surface area contributed by atoms with Crippen LogP contribution >= 0.6 is 11.6 Å². The summed E-state index contributed by atoms with van der Waals surface area (Å²) in [6.07, 6.45) is -5.11. The lowest BCUT2D eigenvalue weighted by Gasteiger charge is -2.38. The van der Waals surface area contributed by atoms with Gasteiger partial charge in [0.25, 0.3) is 5.91 Å². The number of ether oxygens (including phenoxy) is 2. The average molecular weight is 536 g/mol. The van der Waals surface area contributed by atoms with Gasteiger partial charge in [0.1, 0.15) is 17.2 Å². The Morgan fingerprint density at radius 3 is 2.32 bits per heavy atom. The largest absolute Gasteiger partial charge is 0.482 e. The Bertz CT molecular complexity index is 1360. The van der Waals surface area contributed by atoms with Gasteiger partial charge in [-0.25, -0.2) is 4.79 Å². The van der Waals surface area contributed by atoms with E-state index in [9.17, 15) is 27.9 Å². The highest BCUT2D eigenvalue weighted by molar-refractivity contribution is 6.31. The summed E-state index contributed by atoms with van der Waals surface area (Å²) in [7, 11) is 1.41. The third kappa shape index (κ3) is 4.82. The molecule has 1 aliphatic rings. The molecule has 0 fully saturated rings. The fraction of sp³-hybridized carbons (Fsp3) is 0.231. The van der Waals surface area contributed by atoms with Crippen molar-refractivity contribution in [3.63, 3.8) is 0 Å². The SMILES string of the molecule is C[C@H](c1ccc(Oc2ccc(C(=O)O)cc2)cc1Cl)[C@@](O)(c1ccc2c(c1)N(C)C(=O)CO2)C(F)(F)F. The number of anilines is 1. The number of aliphatic hydroxyl groups is 1. The molecule has 3 aromatic carbocycles. The van der Waals surface area contributed by atoms with Crippen LogP contribution in [-0.2, 0) is 10.4 Å². The Labute approximate surface area is 214 Å². The van der Waals surface area contributed by atoms with Gasteiger partial charge in [-0.2, -0.15) is 13.2 Å². The molecule has 0 spiro atoms. The van der Waals surface area contributed by atoms with Crippen molar-refractivity contribution in [1.82, 2.24) is 0 Å². The van der Waals surface area contributed by atoms with Crippen molar-refractivity contribution < 1.29 is 42.4 Å². The van der Waals surface area contributed by atoms with Crippen molar-refractivity contribution in [2.24, 2.45) is 0 Å². The van der Waals surface area contributed by atoms with Gasteiger partial charge in [-0.1, -0.05) is 30.7 Å². The molecular formula is C26H21ClF3NO6. The number of carbonyl (C=O) groups is 2. The van der Waals surface area contributed by atoms with E-state index in [4.69, 9.17) is 26.2 Å². The van der Waals surface area contributed by atoms with Crippen LogP contribution in [0.15, 0.2) is 60.7 Å². The zero-order valence-corrected chi connectivity index (χ0v) is 20.3. The van der Waals surface area contributed by atoms with E-state index in [0.717, 1.165) is 12.1 Å². The van der Waals surface area contributed by atoms with Crippen LogP contribution in [0.4, 0.5) is 18.9 Å². The smallest absolute Gasteiger partial charge is 0.422 e. The molecule has 0 aromatic heterocycles. The van der Waals surface area contributed by atoms with E-state index in [-0.39, 0.29) is 39.9 Å². The number of halogens is 4. The summed E-state index contributed by atoms with van der Waals surface area (Å²) in [5, 5.41) is 20.1. The first-order valence-electron chi connectivity index (χ1n) is 11.0. The molecule has 0 bridgehead atoms. The van der Waals surface area contributed by atoms with E-state index in [0.29, 0.717) is 5.75 Å². The van der Waals surface area contributed by atoms with E-state index < -0.39 is 35.1 Å². The number of benzene rings is 3. The van der Waals surface area contributed by atoms with Crippen molar-refractivity contribution in [3.8, 4) is 17.2 Å². The number of aromatic carboxylic acids is 1. The molecule has 0 aliphatic carbocycles. The molecule has 1 heterocycles. The Hall–Kier alpha value is -3.76. The topological polar surface area (TPSA) is 96.3 Å². The van der Waals surface area contributed by atoms with E-state index in [2.05, 4.69) is 0 Å². The molecule has 0 saturated heterocycles. The van der Waals surface area contributed by atoms with Gasteiger partial charge < -0.3 is 24.6 Å². The number of nitrogens with zero attached hydrogens (tertiary/aromatic N) is 1. The van der Waals surface area contributed by atoms with Crippen molar-refractivity contribution in [2.45, 2.75) is 24.6 Å². The number of carbonyl (C=O) groups excluding carboxylic acids is 1. The molecule has 0 radical (unpaired) electrons. The van der Waals surface area contributed by atoms with Crippen LogP contribution < -0.4 is 14.4 Å². The normalized spacial score (nSPS) is 15.9. The standard InChI is InChI=1S/C26H21ClF3NO6/c1-14(19-9-8-18(12-20(19)27)37-17-6-3-15(4-7-17)24(33)34)25(35,26(28,29)30)16-5-10-22-21(11-16)31(2)23(32)13-36-22/h3-12,14,35H,13H2,1-2H3,(H,33,34)/t14-,25-/m1/s1. The Balaban J connectivity index is 1.68. The lowest BCUT2D eigenvalue weighted by molar-refractivity contribution is -0.274. The number of fused-ring (bicyclic) bond motifs is 1. The maximum absolute atomic E-state index is 14.4. The first-order valence-corrected chi connectivity index (χ1v) is 11.3. The van der Waals surface area contributed by atoms with Crippen LogP contribution in [-0.4, -0.2) is 41.9 Å². The number of likely N-dealkylation sites (N-methyl/N-ethyl adjacent to an activating group) is 1. The molecule has 37 heavy (non-hydrogen) atoms. The maximum Gasteiger partial charge on any atom is 0.422 e. The van der Waals surface area contributed by atoms with Crippen LogP contribution in [0, 0.1) is 0 Å². The molecule has 3 aromatic rings. The van der Waals surface area contributed by atoms with Gasteiger partial charge in [0.15, 0.2) is 12.2 Å². The van der Waals surface area contributed by atoms with Crippen molar-refractivity contribution in [2.75, 3.05) is 18.6 Å². The van der Waals surface area contributed by atoms with Crippen LogP contribution in [0.1, 0.15) is 34.3 Å². The summed E-state index contributed by atoms with van der Waals surface area (Å²) in [4.78, 5) is 24.1. The number of carboxylic acid groups (broad SMARTS) is 1. The van der Waals surface area contributed by atoms with Crippen molar-refractivity contribution >= 4 is 29.2 Å². The third-order valence-electron chi connectivity index (χ3n) is 6.32. The number of rotatable bonds is 6. The molecule has 4 rings (SSSR count). The first kappa shape index (κ1) is 26.3. The number of amides is 1. The van der Waals surface area contributed by atoms with Gasteiger partial charge in [-0.05, 0) is 59.7 Å². The lowest BCUT2D eigenvalue weighted by atomic mass is 9.77. The number of hydrogen-bond donors (Lipinski definition) is 2. The highest BCUT2D eigenvalue weighted by atomic mass is 35.5. The van der Waals surface area contributed by atoms with E-state index in [1.807, 2.05) is 0 Å². The van der Waals surface area contributed by atoms with Gasteiger partial charge in [-0.3, -0.25) is 4.79 Å². The average Bonchev–Trinajstić information content (AvgIpc) is 2.85. The minimum atomic E-state index is -5.11. The maximum atomic E-state index is 14.4. The van der Waals surface area contributed by atoms with Gasteiger partial charge in [0, 0.05) is 18.0 Å². The minimum absolute atomic E-state index is 0.00784. The number of hydrogen-bond acceptors (Lipinski definition) is 5. The predicted octanol–water partition coefficient (Wildman–Crippen LogP) is 5.74. The Kier molecular flexibility index (Phi) is 6.83. The second kappa shape index (κ2) is 9.60. The molecule has 194 valence electrons. The first-order chi connectivity index (χ1) is 17.3. The van der Waals surface area contributed by atoms with Crippen molar-refractivity contribution in [1.29, 1.82) is 0 Å². The van der Waals surface area contributed by atoms with E-state index >= 15 is 0 Å². The van der Waals surface area contributed by atoms with Gasteiger partial charge in [0.2, 0.25) is 0 Å². The van der Waals surface area contributed by atoms with Gasteiger partial charge >= 0.3 is 12.1 Å². The van der Waals surface area contributed by atoms with Crippen LogP contribution in [0.25, 0.3) is 0 Å². The predicted molar refractivity (Wildman–Crippen MR) is 129 cm³/mol. The highest BCUT2D eigenvalue weighted by Crippen LogP contribution is 2.51. The molecule has 0 saturated carbocycles. The minimum Gasteiger partial charge on any atom is -0.482 e. The second-order valence-electron chi connectivity index (χ2n) is 8.52. The van der Waals surface area contributed by atoms with Crippen LogP contribution in [0.3, 0.4) is 0 Å². The Morgan fingerprint density at radius 2 is 1.73 bits per heavy atom. The molecule has 7 nitrogen and oxygen atoms in total. The zero-order valence-electron chi connectivity index (χ0n) is 19.5. The number of alkyl halides is 3. The highest BCUT2D eigenvalue weighted by Gasteiger charge is 2.59. The molecule has 1 amide bonds. The lowest BCUT2D eigenvalue weighted by Crippen LogP contribution is -2.47. The summed E-state index contributed by atoms with van der Waals surface area (Å²) in [6, 6.07) is 13.0. The molecule has 2 N–H and O–H groups in total. The fourth-order valence-corrected chi connectivity index (χ4v) is 4.45. The molecule has 11 heteroatoms. The Morgan fingerprint density at radius 1 is 1.08 bits per heavy atom. The quantitative estimate of drug-likeness (QED) is 0.418. The zero-order chi connectivity index (χ0) is 27.1. The summed E-state index contributed by atoms with van der Waals surface area (Å²) in [5.41, 5.74) is -3.67. The second-order valence-corrected chi connectivity index (χ2v) is 8.93. The molecule has 2 atom stereocenters. The van der Waals surface area contributed by atoms with Crippen molar-refractivity contribution in [3.05, 3.63) is 82.4 Å². The third-order valence-corrected chi connectivity index (χ3v) is 6.65. The molecular weight excluding hydrogens is 515 g/mol. The van der Waals surface area contributed by atoms with E-state index in [1.54, 1.807) is 0 Å². The molecule has 0 unspecified atom stereocenters. The van der Waals surface area contributed by atoms with Gasteiger partial charge in [0.05, 0.1) is 11.3 Å².